The minimum Gasteiger partial charge on any atom is -0.444 e. The van der Waals surface area contributed by atoms with E-state index in [-0.39, 0.29) is 5.92 Å². The van der Waals surface area contributed by atoms with Gasteiger partial charge >= 0.3 is 6.09 Å². The Hall–Kier alpha value is -1.84. The molecule has 0 aromatic heterocycles. The molecule has 2 aliphatic carbocycles. The lowest BCUT2D eigenvalue weighted by molar-refractivity contribution is -0.131. The quantitative estimate of drug-likeness (QED) is 0.656. The summed E-state index contributed by atoms with van der Waals surface area (Å²) in [5, 5.41) is 2.26. The maximum atomic E-state index is 13.0. The highest BCUT2D eigenvalue weighted by molar-refractivity contribution is 7.91. The van der Waals surface area contributed by atoms with Crippen LogP contribution in [0.3, 0.4) is 0 Å². The van der Waals surface area contributed by atoms with E-state index in [9.17, 15) is 22.8 Å². The predicted octanol–water partition coefficient (Wildman–Crippen LogP) is 1.28. The Balaban J connectivity index is 1.69. The third kappa shape index (κ3) is 4.67. The normalized spacial score (nSPS) is 29.3. The van der Waals surface area contributed by atoms with E-state index < -0.39 is 50.4 Å². The first-order valence-corrected chi connectivity index (χ1v) is 11.8. The third-order valence-electron chi connectivity index (χ3n) is 5.73. The lowest BCUT2D eigenvalue weighted by atomic mass is 10.1. The maximum absolute atomic E-state index is 13.0. The van der Waals surface area contributed by atoms with Gasteiger partial charge in [0, 0.05) is 6.54 Å². The number of carbonyl (C=O) groups is 3. The Morgan fingerprint density at radius 2 is 1.83 bits per heavy atom. The van der Waals surface area contributed by atoms with Crippen LogP contribution in [0.1, 0.15) is 66.2 Å². The van der Waals surface area contributed by atoms with Crippen molar-refractivity contribution < 1.29 is 27.5 Å². The number of hydrogen-bond donors (Lipinski definition) is 2. The summed E-state index contributed by atoms with van der Waals surface area (Å²) in [6.45, 7) is 7.56. The van der Waals surface area contributed by atoms with Gasteiger partial charge < -0.3 is 10.1 Å². The summed E-state index contributed by atoms with van der Waals surface area (Å²) in [5.74, 6) is -1.24. The van der Waals surface area contributed by atoms with Crippen LogP contribution in [0.15, 0.2) is 0 Å². The van der Waals surface area contributed by atoms with Crippen molar-refractivity contribution in [1.82, 2.24) is 14.9 Å². The van der Waals surface area contributed by atoms with Gasteiger partial charge in [0.2, 0.25) is 15.9 Å². The third-order valence-corrected chi connectivity index (χ3v) is 7.55. The molecule has 3 amide bonds. The van der Waals surface area contributed by atoms with Gasteiger partial charge in [0.1, 0.15) is 17.2 Å². The zero-order valence-corrected chi connectivity index (χ0v) is 18.3. The van der Waals surface area contributed by atoms with E-state index in [0.29, 0.717) is 45.1 Å². The fourth-order valence-corrected chi connectivity index (χ4v) is 5.24. The molecule has 3 fully saturated rings. The highest BCUT2D eigenvalue weighted by Gasteiger charge is 2.61. The Morgan fingerprint density at radius 3 is 2.34 bits per heavy atom. The highest BCUT2D eigenvalue weighted by atomic mass is 32.2. The van der Waals surface area contributed by atoms with Crippen LogP contribution in [0.2, 0.25) is 0 Å². The molecule has 0 radical (unpaired) electrons. The van der Waals surface area contributed by atoms with Crippen molar-refractivity contribution in [2.24, 2.45) is 5.92 Å². The van der Waals surface area contributed by atoms with E-state index >= 15 is 0 Å². The zero-order valence-electron chi connectivity index (χ0n) is 17.5. The number of ether oxygens (including phenoxy) is 1. The first-order chi connectivity index (χ1) is 13.4. The van der Waals surface area contributed by atoms with Crippen molar-refractivity contribution >= 4 is 27.9 Å². The average Bonchev–Trinajstić information content (AvgIpc) is 3.50. The van der Waals surface area contributed by atoms with Gasteiger partial charge in [-0.15, -0.1) is 0 Å². The molecule has 0 spiro atoms. The summed E-state index contributed by atoms with van der Waals surface area (Å²) in [4.78, 5) is 39.6. The summed E-state index contributed by atoms with van der Waals surface area (Å²) >= 11 is 0. The van der Waals surface area contributed by atoms with E-state index in [2.05, 4.69) is 10.0 Å². The molecule has 0 unspecified atom stereocenters. The molecule has 2 N–H and O–H groups in total. The molecule has 0 bridgehead atoms. The van der Waals surface area contributed by atoms with E-state index in [1.807, 2.05) is 6.92 Å². The van der Waals surface area contributed by atoms with Gasteiger partial charge in [-0.1, -0.05) is 13.3 Å². The number of nitrogens with zero attached hydrogens (tertiary/aromatic N) is 1. The van der Waals surface area contributed by atoms with Gasteiger partial charge in [-0.05, 0) is 58.8 Å². The Bertz CT molecular complexity index is 801. The van der Waals surface area contributed by atoms with Crippen LogP contribution in [-0.2, 0) is 24.3 Å². The lowest BCUT2D eigenvalue weighted by Gasteiger charge is -2.29. The number of nitrogens with one attached hydrogen (secondary N) is 2. The van der Waals surface area contributed by atoms with Gasteiger partial charge in [-0.25, -0.2) is 13.2 Å². The monoisotopic (exact) mass is 429 g/mol. The minimum absolute atomic E-state index is 0.128. The molecular formula is C19H31N3O6S. The predicted molar refractivity (Wildman–Crippen MR) is 105 cm³/mol. The average molecular weight is 430 g/mol. The van der Waals surface area contributed by atoms with Crippen molar-refractivity contribution in [2.75, 3.05) is 6.54 Å². The van der Waals surface area contributed by atoms with Gasteiger partial charge in [-0.2, -0.15) is 0 Å². The van der Waals surface area contributed by atoms with Crippen LogP contribution in [0, 0.1) is 5.92 Å². The van der Waals surface area contributed by atoms with Crippen molar-refractivity contribution in [1.29, 1.82) is 0 Å². The molecule has 29 heavy (non-hydrogen) atoms. The Kier molecular flexibility index (Phi) is 5.61. The lowest BCUT2D eigenvalue weighted by Crippen LogP contribution is -2.57. The van der Waals surface area contributed by atoms with Crippen molar-refractivity contribution in [3.05, 3.63) is 0 Å². The van der Waals surface area contributed by atoms with Crippen molar-refractivity contribution in [3.8, 4) is 0 Å². The minimum atomic E-state index is -3.70. The molecule has 2 saturated carbocycles. The topological polar surface area (TPSA) is 122 Å². The van der Waals surface area contributed by atoms with Gasteiger partial charge in [-0.3, -0.25) is 19.2 Å². The Morgan fingerprint density at radius 1 is 1.17 bits per heavy atom. The summed E-state index contributed by atoms with van der Waals surface area (Å²) in [7, 11) is -3.70. The first-order valence-electron chi connectivity index (χ1n) is 10.3. The highest BCUT2D eigenvalue weighted by Crippen LogP contribution is 2.46. The molecule has 1 heterocycles. The molecule has 3 rings (SSSR count). The summed E-state index contributed by atoms with van der Waals surface area (Å²) in [5.41, 5.74) is -1.90. The fraction of sp³-hybridized carbons (Fsp3) is 0.842. The van der Waals surface area contributed by atoms with Gasteiger partial charge in [0.15, 0.2) is 0 Å². The first kappa shape index (κ1) is 21.9. The second-order valence-corrected chi connectivity index (χ2v) is 11.2. The standard InChI is InChI=1S/C19H31N3O6S/c1-5-12-11-19(12,16(24)21-29(26,27)13-8-9-13)20-15(23)14-7-6-10-22(14)17(25)28-18(2,3)4/h12-14H,5-11H2,1-4H3,(H,20,23)(H,21,24)/t12-,14+,19-/m1/s1. The molecular weight excluding hydrogens is 398 g/mol. The molecule has 164 valence electrons. The summed E-state index contributed by atoms with van der Waals surface area (Å²) in [6, 6.07) is -0.729. The number of carbonyl (C=O) groups excluding carboxylic acids is 3. The van der Waals surface area contributed by atoms with Crippen LogP contribution >= 0.6 is 0 Å². The van der Waals surface area contributed by atoms with Gasteiger partial charge in [0.25, 0.3) is 5.91 Å². The molecule has 0 aromatic rings. The van der Waals surface area contributed by atoms with Crippen LogP contribution in [0.4, 0.5) is 4.79 Å². The number of sulfonamides is 1. The van der Waals surface area contributed by atoms with E-state index in [1.165, 1.54) is 4.90 Å². The van der Waals surface area contributed by atoms with Crippen LogP contribution in [0.25, 0.3) is 0 Å². The van der Waals surface area contributed by atoms with E-state index in [4.69, 9.17) is 4.74 Å². The zero-order chi connectivity index (χ0) is 21.6. The number of amides is 3. The SMILES string of the molecule is CC[C@@H]1C[C@]1(NC(=O)[C@@H]1CCCN1C(=O)OC(C)(C)C)C(=O)NS(=O)(=O)C1CC1. The molecule has 0 aromatic carbocycles. The Labute approximate surface area is 172 Å². The van der Waals surface area contributed by atoms with Crippen molar-refractivity contribution in [2.45, 2.75) is 88.7 Å². The molecule has 3 atom stereocenters. The molecule has 1 saturated heterocycles. The summed E-state index contributed by atoms with van der Waals surface area (Å²) < 4.78 is 31.9. The largest absolute Gasteiger partial charge is 0.444 e. The number of hydrogen-bond acceptors (Lipinski definition) is 6. The van der Waals surface area contributed by atoms with Crippen LogP contribution in [-0.4, -0.2) is 60.2 Å². The molecule has 10 heteroatoms. The van der Waals surface area contributed by atoms with E-state index in [1.54, 1.807) is 20.8 Å². The maximum Gasteiger partial charge on any atom is 0.410 e. The summed E-state index contributed by atoms with van der Waals surface area (Å²) in [6.07, 6.45) is 2.69. The number of rotatable bonds is 6. The molecule has 1 aliphatic heterocycles. The fourth-order valence-electron chi connectivity index (χ4n) is 3.87. The van der Waals surface area contributed by atoms with Crippen molar-refractivity contribution in [3.63, 3.8) is 0 Å². The second kappa shape index (κ2) is 7.45. The molecule has 3 aliphatic rings. The number of likely N-dealkylation sites (tertiary alicyclic amines) is 1. The smallest absolute Gasteiger partial charge is 0.410 e. The van der Waals surface area contributed by atoms with Crippen LogP contribution in [0.5, 0.6) is 0 Å². The van der Waals surface area contributed by atoms with Gasteiger partial charge in [0.05, 0.1) is 5.25 Å². The van der Waals surface area contributed by atoms with Crippen LogP contribution < -0.4 is 10.0 Å². The second-order valence-electron chi connectivity index (χ2n) is 9.28. The van der Waals surface area contributed by atoms with E-state index in [0.717, 1.165) is 0 Å². The molecule has 9 nitrogen and oxygen atoms in total.